The summed E-state index contributed by atoms with van der Waals surface area (Å²) in [7, 11) is 3.66. The summed E-state index contributed by atoms with van der Waals surface area (Å²) in [6, 6.07) is 6.83. The first-order chi connectivity index (χ1) is 14.3. The largest absolute Gasteiger partial charge is 0.355 e. The summed E-state index contributed by atoms with van der Waals surface area (Å²) < 4.78 is 2.34. The minimum absolute atomic E-state index is 0.0348. The molecule has 1 atom stereocenters. The summed E-state index contributed by atoms with van der Waals surface area (Å²) in [4.78, 5) is 53.9. The van der Waals surface area contributed by atoms with Crippen LogP contribution in [-0.4, -0.2) is 70.5 Å². The molecule has 0 spiro atoms. The molecule has 1 aromatic carbocycles. The smallest absolute Gasteiger partial charge is 0.331 e. The highest BCUT2D eigenvalue weighted by Gasteiger charge is 2.36. The Morgan fingerprint density at radius 1 is 1.10 bits per heavy atom. The predicted octanol–water partition coefficient (Wildman–Crippen LogP) is -0.773. The van der Waals surface area contributed by atoms with E-state index in [2.05, 4.69) is 17.3 Å². The molecule has 2 aliphatic rings. The Morgan fingerprint density at radius 2 is 1.83 bits per heavy atom. The van der Waals surface area contributed by atoms with E-state index < -0.39 is 11.2 Å². The number of aryl methyl sites for hydroxylation is 1. The van der Waals surface area contributed by atoms with Crippen molar-refractivity contribution in [2.45, 2.75) is 13.0 Å². The van der Waals surface area contributed by atoms with Gasteiger partial charge in [-0.2, -0.15) is 0 Å². The zero-order valence-electron chi connectivity index (χ0n) is 17.3. The SMILES string of the molecule is CN1CCC(CNC(=O)C2CN(C(=O)Cn3c(=O)c4ccccc4n(C)c3=O)C2)C1. The fourth-order valence-electron chi connectivity index (χ4n) is 4.27. The van der Waals surface area contributed by atoms with Gasteiger partial charge in [0.1, 0.15) is 6.54 Å². The Bertz CT molecular complexity index is 1100. The van der Waals surface area contributed by atoms with Crippen LogP contribution in [0.5, 0.6) is 0 Å². The molecule has 2 aromatic rings. The molecule has 9 nitrogen and oxygen atoms in total. The van der Waals surface area contributed by atoms with E-state index in [1.165, 1.54) is 9.47 Å². The highest BCUT2D eigenvalue weighted by molar-refractivity contribution is 5.84. The number of nitrogens with one attached hydrogen (secondary N) is 1. The number of aromatic nitrogens is 2. The number of amides is 2. The zero-order chi connectivity index (χ0) is 21.4. The first-order valence-electron chi connectivity index (χ1n) is 10.3. The van der Waals surface area contributed by atoms with Crippen LogP contribution >= 0.6 is 0 Å². The van der Waals surface area contributed by atoms with Gasteiger partial charge in [0.25, 0.3) is 5.56 Å². The second-order valence-electron chi connectivity index (χ2n) is 8.41. The van der Waals surface area contributed by atoms with Crippen molar-refractivity contribution in [2.24, 2.45) is 18.9 Å². The van der Waals surface area contributed by atoms with Crippen molar-refractivity contribution in [3.05, 3.63) is 45.1 Å². The van der Waals surface area contributed by atoms with Gasteiger partial charge in [-0.25, -0.2) is 4.79 Å². The summed E-state index contributed by atoms with van der Waals surface area (Å²) in [6.45, 7) is 3.02. The van der Waals surface area contributed by atoms with E-state index in [4.69, 9.17) is 0 Å². The number of nitrogens with zero attached hydrogens (tertiary/aromatic N) is 4. The highest BCUT2D eigenvalue weighted by Crippen LogP contribution is 2.17. The molecule has 1 N–H and O–H groups in total. The molecular weight excluding hydrogens is 386 g/mol. The summed E-state index contributed by atoms with van der Waals surface area (Å²) in [6.07, 6.45) is 1.08. The number of para-hydroxylation sites is 1. The third kappa shape index (κ3) is 3.77. The average Bonchev–Trinajstić information content (AvgIpc) is 3.12. The van der Waals surface area contributed by atoms with Gasteiger partial charge in [0.05, 0.1) is 16.8 Å². The molecule has 4 rings (SSSR count). The molecule has 2 saturated heterocycles. The van der Waals surface area contributed by atoms with E-state index in [1.54, 1.807) is 31.3 Å². The first-order valence-corrected chi connectivity index (χ1v) is 10.3. The molecule has 30 heavy (non-hydrogen) atoms. The number of carbonyl (C=O) groups excluding carboxylic acids is 2. The van der Waals surface area contributed by atoms with Crippen LogP contribution in [0.4, 0.5) is 0 Å². The van der Waals surface area contributed by atoms with Crippen molar-refractivity contribution in [1.82, 2.24) is 24.3 Å². The van der Waals surface area contributed by atoms with Crippen LogP contribution in [0.15, 0.2) is 33.9 Å². The van der Waals surface area contributed by atoms with Crippen LogP contribution in [0.25, 0.3) is 10.9 Å². The van der Waals surface area contributed by atoms with E-state index in [0.717, 1.165) is 24.1 Å². The monoisotopic (exact) mass is 413 g/mol. The highest BCUT2D eigenvalue weighted by atomic mass is 16.2. The van der Waals surface area contributed by atoms with Gasteiger partial charge in [0.2, 0.25) is 11.8 Å². The lowest BCUT2D eigenvalue weighted by atomic mass is 9.98. The third-order valence-electron chi connectivity index (χ3n) is 6.21. The van der Waals surface area contributed by atoms with E-state index in [0.29, 0.717) is 36.5 Å². The van der Waals surface area contributed by atoms with Crippen molar-refractivity contribution < 1.29 is 9.59 Å². The van der Waals surface area contributed by atoms with Gasteiger partial charge in [-0.15, -0.1) is 0 Å². The van der Waals surface area contributed by atoms with Crippen molar-refractivity contribution in [3.63, 3.8) is 0 Å². The lowest BCUT2D eigenvalue weighted by Crippen LogP contribution is -2.57. The van der Waals surface area contributed by atoms with Gasteiger partial charge in [-0.1, -0.05) is 12.1 Å². The number of hydrogen-bond donors (Lipinski definition) is 1. The Kier molecular flexibility index (Phi) is 5.46. The number of fused-ring (bicyclic) bond motifs is 1. The lowest BCUT2D eigenvalue weighted by Gasteiger charge is -2.38. The molecule has 2 amide bonds. The third-order valence-corrected chi connectivity index (χ3v) is 6.21. The van der Waals surface area contributed by atoms with E-state index >= 15 is 0 Å². The van der Waals surface area contributed by atoms with Crippen molar-refractivity contribution in [1.29, 1.82) is 0 Å². The van der Waals surface area contributed by atoms with Crippen LogP contribution in [0, 0.1) is 11.8 Å². The van der Waals surface area contributed by atoms with Crippen LogP contribution < -0.4 is 16.6 Å². The molecule has 1 aromatic heterocycles. The molecule has 0 saturated carbocycles. The molecule has 3 heterocycles. The predicted molar refractivity (Wildman–Crippen MR) is 112 cm³/mol. The number of hydrogen-bond acceptors (Lipinski definition) is 5. The Labute approximate surface area is 173 Å². The molecule has 0 bridgehead atoms. The summed E-state index contributed by atoms with van der Waals surface area (Å²) in [5, 5.41) is 3.38. The van der Waals surface area contributed by atoms with E-state index in [1.807, 2.05) is 0 Å². The normalized spacial score (nSPS) is 19.8. The molecule has 9 heteroatoms. The quantitative estimate of drug-likeness (QED) is 0.694. The molecule has 160 valence electrons. The van der Waals surface area contributed by atoms with Gasteiger partial charge in [-0.05, 0) is 38.1 Å². The average molecular weight is 413 g/mol. The maximum Gasteiger partial charge on any atom is 0.331 e. The number of benzene rings is 1. The fourth-order valence-corrected chi connectivity index (χ4v) is 4.27. The summed E-state index contributed by atoms with van der Waals surface area (Å²) in [5.41, 5.74) is -0.466. The van der Waals surface area contributed by atoms with Gasteiger partial charge < -0.3 is 15.1 Å². The van der Waals surface area contributed by atoms with E-state index in [-0.39, 0.29) is 24.3 Å². The summed E-state index contributed by atoms with van der Waals surface area (Å²) in [5.74, 6) is -0.115. The van der Waals surface area contributed by atoms with Crippen LogP contribution in [0.3, 0.4) is 0 Å². The minimum Gasteiger partial charge on any atom is -0.355 e. The molecule has 1 unspecified atom stereocenters. The molecular formula is C21H27N5O4. The fraction of sp³-hybridized carbons (Fsp3) is 0.524. The topological polar surface area (TPSA) is 96.7 Å². The van der Waals surface area contributed by atoms with Crippen molar-refractivity contribution in [3.8, 4) is 0 Å². The second kappa shape index (κ2) is 8.06. The van der Waals surface area contributed by atoms with Gasteiger partial charge in [0, 0.05) is 33.2 Å². The van der Waals surface area contributed by atoms with Crippen molar-refractivity contribution >= 4 is 22.7 Å². The number of likely N-dealkylation sites (tertiary alicyclic amines) is 2. The Balaban J connectivity index is 1.35. The molecule has 2 aliphatic heterocycles. The van der Waals surface area contributed by atoms with Crippen molar-refractivity contribution in [2.75, 3.05) is 39.8 Å². The Morgan fingerprint density at radius 3 is 2.53 bits per heavy atom. The maximum absolute atomic E-state index is 12.7. The zero-order valence-corrected chi connectivity index (χ0v) is 17.3. The van der Waals surface area contributed by atoms with Crippen LogP contribution in [-0.2, 0) is 23.2 Å². The standard InChI is InChI=1S/C21H27N5O4/c1-23-8-7-14(10-23)9-22-19(28)15-11-25(12-15)18(27)13-26-20(29)16-5-3-4-6-17(16)24(2)21(26)30/h3-6,14-15H,7-13H2,1-2H3,(H,22,28). The second-order valence-corrected chi connectivity index (χ2v) is 8.41. The Hall–Kier alpha value is -2.94. The minimum atomic E-state index is -0.525. The molecule has 0 aliphatic carbocycles. The lowest BCUT2D eigenvalue weighted by molar-refractivity contribution is -0.143. The molecule has 2 fully saturated rings. The maximum atomic E-state index is 12.7. The van der Waals surface area contributed by atoms with E-state index in [9.17, 15) is 19.2 Å². The van der Waals surface area contributed by atoms with Gasteiger partial charge >= 0.3 is 5.69 Å². The van der Waals surface area contributed by atoms with Crippen LogP contribution in [0.2, 0.25) is 0 Å². The summed E-state index contributed by atoms with van der Waals surface area (Å²) >= 11 is 0. The van der Waals surface area contributed by atoms with Gasteiger partial charge in [0.15, 0.2) is 0 Å². The van der Waals surface area contributed by atoms with Gasteiger partial charge in [-0.3, -0.25) is 23.5 Å². The number of carbonyl (C=O) groups is 2. The van der Waals surface area contributed by atoms with Crippen LogP contribution in [0.1, 0.15) is 6.42 Å². The molecule has 0 radical (unpaired) electrons. The first kappa shape index (κ1) is 20.3. The number of rotatable bonds is 5.